The van der Waals surface area contributed by atoms with E-state index < -0.39 is 43.5 Å². The van der Waals surface area contributed by atoms with Crippen molar-refractivity contribution in [1.29, 1.82) is 0 Å². The standard InChI is InChI=1S/C5HF11O.C4H7F3O/c6-1(2(7,8)9)17-5(15,16)3(10,11)4(12,13)14;1-2-8-4(7)3(5)6/h1H;3-4H,2H2,1H3. The van der Waals surface area contributed by atoms with Crippen LogP contribution in [-0.2, 0) is 9.47 Å². The average molecular weight is 414 g/mol. The summed E-state index contributed by atoms with van der Waals surface area (Å²) >= 11 is 0. The van der Waals surface area contributed by atoms with Crippen molar-refractivity contribution in [1.82, 2.24) is 0 Å². The van der Waals surface area contributed by atoms with E-state index in [4.69, 9.17) is 0 Å². The Morgan fingerprint density at radius 3 is 1.36 bits per heavy atom. The second-order valence-corrected chi connectivity index (χ2v) is 3.71. The monoisotopic (exact) mass is 414 g/mol. The molecule has 2 nitrogen and oxygen atoms in total. The summed E-state index contributed by atoms with van der Waals surface area (Å²) in [6.45, 7) is 1.43. The van der Waals surface area contributed by atoms with Gasteiger partial charge in [0.15, 0.2) is 0 Å². The zero-order chi connectivity index (χ0) is 20.9. The van der Waals surface area contributed by atoms with Gasteiger partial charge in [0.1, 0.15) is 0 Å². The molecule has 0 fully saturated rings. The second kappa shape index (κ2) is 9.05. The topological polar surface area (TPSA) is 18.5 Å². The lowest BCUT2D eigenvalue weighted by molar-refractivity contribution is -0.457. The van der Waals surface area contributed by atoms with Gasteiger partial charge in [0, 0.05) is 6.61 Å². The molecular weight excluding hydrogens is 406 g/mol. The number of ether oxygens (including phenoxy) is 2. The van der Waals surface area contributed by atoms with E-state index in [1.54, 1.807) is 4.74 Å². The van der Waals surface area contributed by atoms with Crippen molar-refractivity contribution in [2.75, 3.05) is 6.61 Å². The predicted molar refractivity (Wildman–Crippen MR) is 50.5 cm³/mol. The van der Waals surface area contributed by atoms with Gasteiger partial charge in [0.05, 0.1) is 0 Å². The summed E-state index contributed by atoms with van der Waals surface area (Å²) in [7, 11) is 0. The summed E-state index contributed by atoms with van der Waals surface area (Å²) in [4.78, 5) is 0. The van der Waals surface area contributed by atoms with Crippen molar-refractivity contribution < 1.29 is 70.9 Å². The van der Waals surface area contributed by atoms with Gasteiger partial charge >= 0.3 is 24.4 Å². The molecule has 0 amide bonds. The maximum absolute atomic E-state index is 12.0. The molecule has 0 N–H and O–H groups in total. The molecule has 0 radical (unpaired) electrons. The van der Waals surface area contributed by atoms with Crippen LogP contribution in [0.15, 0.2) is 0 Å². The molecule has 0 aromatic heterocycles. The van der Waals surface area contributed by atoms with Gasteiger partial charge in [-0.05, 0) is 6.92 Å². The Kier molecular flexibility index (Phi) is 9.47. The molecule has 0 bridgehead atoms. The van der Waals surface area contributed by atoms with Gasteiger partial charge in [0.2, 0.25) is 0 Å². The van der Waals surface area contributed by atoms with Crippen molar-refractivity contribution in [3.8, 4) is 0 Å². The molecule has 0 rings (SSSR count). The number of alkyl halides is 14. The van der Waals surface area contributed by atoms with E-state index in [9.17, 15) is 61.5 Å². The molecule has 2 unspecified atom stereocenters. The average Bonchev–Trinajstić information content (AvgIpc) is 2.36. The molecule has 0 aliphatic heterocycles. The molecule has 0 aliphatic carbocycles. The van der Waals surface area contributed by atoms with Crippen LogP contribution in [0, 0.1) is 0 Å². The fourth-order valence-corrected chi connectivity index (χ4v) is 0.668. The van der Waals surface area contributed by atoms with Crippen molar-refractivity contribution in [3.63, 3.8) is 0 Å². The second-order valence-electron chi connectivity index (χ2n) is 3.71. The number of rotatable bonds is 6. The van der Waals surface area contributed by atoms with E-state index in [1.807, 2.05) is 0 Å². The molecule has 0 heterocycles. The van der Waals surface area contributed by atoms with Crippen molar-refractivity contribution in [3.05, 3.63) is 0 Å². The first-order chi connectivity index (χ1) is 10.8. The smallest absolute Gasteiger partial charge is 0.344 e. The van der Waals surface area contributed by atoms with Crippen molar-refractivity contribution >= 4 is 0 Å². The first kappa shape index (κ1) is 26.2. The molecule has 154 valence electrons. The molecule has 16 heteroatoms. The van der Waals surface area contributed by atoms with Crippen LogP contribution in [-0.4, -0.2) is 50.1 Å². The van der Waals surface area contributed by atoms with E-state index in [0.717, 1.165) is 0 Å². The molecule has 0 saturated carbocycles. The lowest BCUT2D eigenvalue weighted by Crippen LogP contribution is -2.55. The molecule has 0 spiro atoms. The predicted octanol–water partition coefficient (Wildman–Crippen LogP) is 5.23. The third-order valence-electron chi connectivity index (χ3n) is 1.75. The summed E-state index contributed by atoms with van der Waals surface area (Å²) in [5.74, 6) is -6.96. The Bertz CT molecular complexity index is 375. The molecule has 0 saturated heterocycles. The van der Waals surface area contributed by atoms with Crippen LogP contribution in [0.2, 0.25) is 0 Å². The van der Waals surface area contributed by atoms with Gasteiger partial charge in [-0.2, -0.15) is 43.9 Å². The Hall–Kier alpha value is -1.06. The summed E-state index contributed by atoms with van der Waals surface area (Å²) < 4.78 is 167. The maximum atomic E-state index is 12.0. The SMILES string of the molecule is CCOC(F)C(F)F.FC(OC(F)(F)C(F)(F)C(F)(F)F)C(F)(F)F. The lowest BCUT2D eigenvalue weighted by Gasteiger charge is -2.28. The van der Waals surface area contributed by atoms with E-state index in [0.29, 0.717) is 0 Å². The first-order valence-electron chi connectivity index (χ1n) is 5.56. The summed E-state index contributed by atoms with van der Waals surface area (Å²) in [6, 6.07) is 0. The van der Waals surface area contributed by atoms with Crippen LogP contribution in [0.3, 0.4) is 0 Å². The Morgan fingerprint density at radius 2 is 1.16 bits per heavy atom. The van der Waals surface area contributed by atoms with Gasteiger partial charge in [-0.25, -0.2) is 17.6 Å². The quantitative estimate of drug-likeness (QED) is 0.554. The van der Waals surface area contributed by atoms with Gasteiger partial charge in [-0.15, -0.1) is 0 Å². The van der Waals surface area contributed by atoms with Crippen LogP contribution in [0.1, 0.15) is 6.92 Å². The Morgan fingerprint density at radius 1 is 0.760 bits per heavy atom. The van der Waals surface area contributed by atoms with Crippen LogP contribution in [0.5, 0.6) is 0 Å². The van der Waals surface area contributed by atoms with E-state index in [1.165, 1.54) is 6.92 Å². The fraction of sp³-hybridized carbons (Fsp3) is 1.00. The van der Waals surface area contributed by atoms with Crippen LogP contribution in [0.25, 0.3) is 0 Å². The summed E-state index contributed by atoms with van der Waals surface area (Å²) in [5, 5.41) is 0. The lowest BCUT2D eigenvalue weighted by atomic mass is 10.3. The molecular formula is C9H8F14O2. The van der Waals surface area contributed by atoms with Crippen molar-refractivity contribution in [2.45, 2.75) is 50.4 Å². The minimum atomic E-state index is -6.96. The van der Waals surface area contributed by atoms with Gasteiger partial charge in [-0.1, -0.05) is 0 Å². The highest BCUT2D eigenvalue weighted by atomic mass is 19.4. The largest absolute Gasteiger partial charge is 0.462 e. The zero-order valence-electron chi connectivity index (χ0n) is 11.5. The molecule has 0 aromatic carbocycles. The van der Waals surface area contributed by atoms with Crippen LogP contribution in [0.4, 0.5) is 61.5 Å². The number of hydrogen-bond acceptors (Lipinski definition) is 2. The fourth-order valence-electron chi connectivity index (χ4n) is 0.668. The minimum Gasteiger partial charge on any atom is -0.344 e. The zero-order valence-corrected chi connectivity index (χ0v) is 11.5. The molecule has 2 atom stereocenters. The highest BCUT2D eigenvalue weighted by Gasteiger charge is 2.76. The normalized spacial score (nSPS) is 16.3. The highest BCUT2D eigenvalue weighted by molar-refractivity contribution is 4.85. The third kappa shape index (κ3) is 8.24. The summed E-state index contributed by atoms with van der Waals surface area (Å²) in [6.07, 6.45) is -30.2. The Balaban J connectivity index is 0. The highest BCUT2D eigenvalue weighted by Crippen LogP contribution is 2.48. The van der Waals surface area contributed by atoms with Crippen LogP contribution >= 0.6 is 0 Å². The van der Waals surface area contributed by atoms with E-state index in [2.05, 4.69) is 4.74 Å². The third-order valence-corrected chi connectivity index (χ3v) is 1.75. The van der Waals surface area contributed by atoms with Gasteiger partial charge in [0.25, 0.3) is 19.1 Å². The van der Waals surface area contributed by atoms with E-state index >= 15 is 0 Å². The van der Waals surface area contributed by atoms with Crippen LogP contribution < -0.4 is 0 Å². The molecule has 25 heavy (non-hydrogen) atoms. The molecule has 0 aliphatic rings. The van der Waals surface area contributed by atoms with Gasteiger partial charge in [-0.3, -0.25) is 4.74 Å². The molecule has 0 aromatic rings. The first-order valence-corrected chi connectivity index (χ1v) is 5.56. The summed E-state index contributed by atoms with van der Waals surface area (Å²) in [5.41, 5.74) is 0. The maximum Gasteiger partial charge on any atom is 0.462 e. The number of hydrogen-bond donors (Lipinski definition) is 0. The van der Waals surface area contributed by atoms with E-state index in [-0.39, 0.29) is 6.61 Å². The minimum absolute atomic E-state index is 0.0223. The Labute approximate surface area is 129 Å². The van der Waals surface area contributed by atoms with Gasteiger partial charge < -0.3 is 4.74 Å². The van der Waals surface area contributed by atoms with Crippen molar-refractivity contribution in [2.24, 2.45) is 0 Å². The number of halogens is 14.